The van der Waals surface area contributed by atoms with E-state index in [4.69, 9.17) is 9.15 Å². The summed E-state index contributed by atoms with van der Waals surface area (Å²) in [4.78, 5) is 0. The fourth-order valence-corrected chi connectivity index (χ4v) is 2.12. The van der Waals surface area contributed by atoms with Crippen molar-refractivity contribution in [2.45, 2.75) is 27.3 Å². The molecule has 3 heteroatoms. The fraction of sp³-hybridized carbons (Fsp3) is 0.500. The maximum Gasteiger partial charge on any atom is 0.134 e. The van der Waals surface area contributed by atoms with Gasteiger partial charge in [0.1, 0.15) is 11.3 Å². The fourth-order valence-electron chi connectivity index (χ4n) is 2.12. The predicted molar refractivity (Wildman–Crippen MR) is 78.3 cm³/mol. The van der Waals surface area contributed by atoms with Crippen molar-refractivity contribution >= 4 is 11.0 Å². The number of ether oxygens (including phenoxy) is 1. The minimum atomic E-state index is 0.597. The Hall–Kier alpha value is -1.32. The lowest BCUT2D eigenvalue weighted by atomic mass is 10.1. The summed E-state index contributed by atoms with van der Waals surface area (Å²) in [5.41, 5.74) is 2.22. The molecule has 0 bridgehead atoms. The molecule has 0 radical (unpaired) electrons. The van der Waals surface area contributed by atoms with E-state index in [1.54, 1.807) is 0 Å². The molecule has 2 rings (SSSR count). The molecule has 0 fully saturated rings. The van der Waals surface area contributed by atoms with Gasteiger partial charge in [-0.25, -0.2) is 0 Å². The molecule has 2 aromatic rings. The highest BCUT2D eigenvalue weighted by molar-refractivity contribution is 5.82. The zero-order chi connectivity index (χ0) is 13.7. The molecule has 19 heavy (non-hydrogen) atoms. The Kier molecular flexibility index (Phi) is 5.00. The Morgan fingerprint density at radius 1 is 1.26 bits per heavy atom. The average Bonchev–Trinajstić information content (AvgIpc) is 2.69. The molecule has 0 saturated heterocycles. The van der Waals surface area contributed by atoms with Crippen LogP contribution in [0.1, 0.15) is 25.2 Å². The molecule has 1 N–H and O–H groups in total. The summed E-state index contributed by atoms with van der Waals surface area (Å²) >= 11 is 0. The van der Waals surface area contributed by atoms with E-state index in [1.165, 1.54) is 10.9 Å². The van der Waals surface area contributed by atoms with Crippen LogP contribution >= 0.6 is 0 Å². The van der Waals surface area contributed by atoms with Crippen LogP contribution < -0.4 is 5.32 Å². The van der Waals surface area contributed by atoms with Gasteiger partial charge in [-0.1, -0.05) is 32.0 Å². The first-order valence-corrected chi connectivity index (χ1v) is 6.94. The van der Waals surface area contributed by atoms with Gasteiger partial charge in [0.25, 0.3) is 0 Å². The number of hydrogen-bond donors (Lipinski definition) is 1. The van der Waals surface area contributed by atoms with Crippen LogP contribution in [0.5, 0.6) is 0 Å². The molecule has 1 aromatic carbocycles. The zero-order valence-electron chi connectivity index (χ0n) is 12.0. The lowest BCUT2D eigenvalue weighted by molar-refractivity contribution is 0.111. The third-order valence-electron chi connectivity index (χ3n) is 3.08. The predicted octanol–water partition coefficient (Wildman–Crippen LogP) is 3.50. The minimum absolute atomic E-state index is 0.597. The summed E-state index contributed by atoms with van der Waals surface area (Å²) in [6, 6.07) is 8.17. The second-order valence-corrected chi connectivity index (χ2v) is 5.28. The van der Waals surface area contributed by atoms with Gasteiger partial charge >= 0.3 is 0 Å². The standard InChI is InChI=1S/C16H23NO2/c1-12(2)11-18-9-8-17-10-15-13(3)19-16-7-5-4-6-14(15)16/h4-7,12,17H,8-11H2,1-3H3. The van der Waals surface area contributed by atoms with Crippen molar-refractivity contribution in [2.24, 2.45) is 5.92 Å². The molecule has 3 nitrogen and oxygen atoms in total. The third-order valence-corrected chi connectivity index (χ3v) is 3.08. The Balaban J connectivity index is 1.83. The maximum atomic E-state index is 5.74. The van der Waals surface area contributed by atoms with E-state index in [0.717, 1.165) is 37.6 Å². The van der Waals surface area contributed by atoms with E-state index in [9.17, 15) is 0 Å². The van der Waals surface area contributed by atoms with Gasteiger partial charge in [0.05, 0.1) is 6.61 Å². The Labute approximate surface area is 114 Å². The molecule has 0 unspecified atom stereocenters. The quantitative estimate of drug-likeness (QED) is 0.775. The second kappa shape index (κ2) is 6.73. The lowest BCUT2D eigenvalue weighted by Gasteiger charge is -2.07. The highest BCUT2D eigenvalue weighted by atomic mass is 16.5. The van der Waals surface area contributed by atoms with Crippen LogP contribution in [0.15, 0.2) is 28.7 Å². The van der Waals surface area contributed by atoms with Crippen molar-refractivity contribution in [2.75, 3.05) is 19.8 Å². The van der Waals surface area contributed by atoms with E-state index in [-0.39, 0.29) is 0 Å². The Morgan fingerprint density at radius 2 is 2.05 bits per heavy atom. The van der Waals surface area contributed by atoms with Gasteiger partial charge in [-0.15, -0.1) is 0 Å². The van der Waals surface area contributed by atoms with Gasteiger partial charge in [0.2, 0.25) is 0 Å². The van der Waals surface area contributed by atoms with Gasteiger partial charge in [-0.2, -0.15) is 0 Å². The SMILES string of the molecule is Cc1oc2ccccc2c1CNCCOCC(C)C. The summed E-state index contributed by atoms with van der Waals surface area (Å²) in [6.45, 7) is 9.62. The molecule has 1 aromatic heterocycles. The van der Waals surface area contributed by atoms with Crippen LogP contribution in [0.25, 0.3) is 11.0 Å². The maximum absolute atomic E-state index is 5.74. The van der Waals surface area contributed by atoms with E-state index >= 15 is 0 Å². The van der Waals surface area contributed by atoms with Gasteiger partial charge in [0.15, 0.2) is 0 Å². The molecule has 0 aliphatic heterocycles. The molecule has 1 heterocycles. The smallest absolute Gasteiger partial charge is 0.134 e. The number of aryl methyl sites for hydroxylation is 1. The molecule has 104 valence electrons. The first-order valence-electron chi connectivity index (χ1n) is 6.94. The van der Waals surface area contributed by atoms with Gasteiger partial charge in [0, 0.05) is 30.6 Å². The highest BCUT2D eigenvalue weighted by Crippen LogP contribution is 2.24. The first kappa shape index (κ1) is 14.1. The molecule has 0 aliphatic carbocycles. The van der Waals surface area contributed by atoms with Crippen molar-refractivity contribution in [1.82, 2.24) is 5.32 Å². The number of benzene rings is 1. The van der Waals surface area contributed by atoms with Crippen LogP contribution in [-0.4, -0.2) is 19.8 Å². The lowest BCUT2D eigenvalue weighted by Crippen LogP contribution is -2.20. The topological polar surface area (TPSA) is 34.4 Å². The van der Waals surface area contributed by atoms with E-state index < -0.39 is 0 Å². The largest absolute Gasteiger partial charge is 0.461 e. The Bertz CT molecular complexity index is 516. The van der Waals surface area contributed by atoms with Crippen molar-refractivity contribution in [1.29, 1.82) is 0 Å². The van der Waals surface area contributed by atoms with Crippen molar-refractivity contribution in [3.63, 3.8) is 0 Å². The summed E-state index contributed by atoms with van der Waals surface area (Å²) in [7, 11) is 0. The van der Waals surface area contributed by atoms with Gasteiger partial charge < -0.3 is 14.5 Å². The number of furan rings is 1. The van der Waals surface area contributed by atoms with E-state index in [2.05, 4.69) is 25.2 Å². The normalized spacial score (nSPS) is 11.6. The summed E-state index contributed by atoms with van der Waals surface area (Å²) in [6.07, 6.45) is 0. The third kappa shape index (κ3) is 3.82. The number of rotatable bonds is 7. The number of fused-ring (bicyclic) bond motifs is 1. The van der Waals surface area contributed by atoms with Crippen LogP contribution in [-0.2, 0) is 11.3 Å². The highest BCUT2D eigenvalue weighted by Gasteiger charge is 2.09. The molecule has 0 atom stereocenters. The van der Waals surface area contributed by atoms with Crippen LogP contribution in [0.3, 0.4) is 0 Å². The molecule has 0 spiro atoms. The van der Waals surface area contributed by atoms with E-state index in [1.807, 2.05) is 25.1 Å². The van der Waals surface area contributed by atoms with Gasteiger partial charge in [-0.05, 0) is 18.9 Å². The number of nitrogens with one attached hydrogen (secondary N) is 1. The molecule has 0 aliphatic rings. The number of hydrogen-bond acceptors (Lipinski definition) is 3. The molecular formula is C16H23NO2. The molecule has 0 amide bonds. The Morgan fingerprint density at radius 3 is 2.84 bits per heavy atom. The van der Waals surface area contributed by atoms with Gasteiger partial charge in [-0.3, -0.25) is 0 Å². The zero-order valence-corrected chi connectivity index (χ0v) is 12.0. The molecular weight excluding hydrogens is 238 g/mol. The van der Waals surface area contributed by atoms with E-state index in [0.29, 0.717) is 5.92 Å². The summed E-state index contributed by atoms with van der Waals surface area (Å²) in [5.74, 6) is 1.59. The van der Waals surface area contributed by atoms with Crippen molar-refractivity contribution in [3.05, 3.63) is 35.6 Å². The summed E-state index contributed by atoms with van der Waals surface area (Å²) < 4.78 is 11.3. The monoisotopic (exact) mass is 261 g/mol. The van der Waals surface area contributed by atoms with Crippen LogP contribution in [0.4, 0.5) is 0 Å². The number of para-hydroxylation sites is 1. The minimum Gasteiger partial charge on any atom is -0.461 e. The first-order chi connectivity index (χ1) is 9.18. The second-order valence-electron chi connectivity index (χ2n) is 5.28. The average molecular weight is 261 g/mol. The van der Waals surface area contributed by atoms with Crippen LogP contribution in [0.2, 0.25) is 0 Å². The van der Waals surface area contributed by atoms with Crippen molar-refractivity contribution < 1.29 is 9.15 Å². The summed E-state index contributed by atoms with van der Waals surface area (Å²) in [5, 5.41) is 4.61. The molecule has 0 saturated carbocycles. The van der Waals surface area contributed by atoms with Crippen molar-refractivity contribution in [3.8, 4) is 0 Å². The van der Waals surface area contributed by atoms with Crippen LogP contribution in [0, 0.1) is 12.8 Å².